The number of ether oxygens (including phenoxy) is 2. The maximum atomic E-state index is 12.0. The number of hydrogen-bond acceptors (Lipinski definition) is 6. The van der Waals surface area contributed by atoms with Crippen LogP contribution in [0, 0.1) is 0 Å². The third kappa shape index (κ3) is 2.59. The highest BCUT2D eigenvalue weighted by molar-refractivity contribution is 6.20. The molecule has 0 amide bonds. The number of anilines is 2. The van der Waals surface area contributed by atoms with Crippen LogP contribution in [0.3, 0.4) is 0 Å². The van der Waals surface area contributed by atoms with Crippen LogP contribution in [-0.4, -0.2) is 24.5 Å². The Balaban J connectivity index is 2.33. The molecular weight excluding hydrogens is 260 g/mol. The summed E-state index contributed by atoms with van der Waals surface area (Å²) in [6.07, 6.45) is -0.721. The molecule has 0 bridgehead atoms. The SMILES string of the molecule is CCOC(=O)C1=C(Nc2ccccc2N)OC(C)C1=O. The number of hydrogen-bond donors (Lipinski definition) is 2. The van der Waals surface area contributed by atoms with Gasteiger partial charge in [-0.3, -0.25) is 4.79 Å². The normalized spacial score (nSPS) is 17.9. The summed E-state index contributed by atoms with van der Waals surface area (Å²) in [4.78, 5) is 23.8. The van der Waals surface area contributed by atoms with Crippen LogP contribution in [0.4, 0.5) is 11.4 Å². The molecule has 1 aliphatic heterocycles. The van der Waals surface area contributed by atoms with Crippen molar-refractivity contribution in [3.8, 4) is 0 Å². The number of carbonyl (C=O) groups excluding carboxylic acids is 2. The van der Waals surface area contributed by atoms with Crippen molar-refractivity contribution in [2.75, 3.05) is 17.7 Å². The molecule has 20 heavy (non-hydrogen) atoms. The lowest BCUT2D eigenvalue weighted by molar-refractivity contribution is -0.140. The average Bonchev–Trinajstić information content (AvgIpc) is 2.68. The van der Waals surface area contributed by atoms with Gasteiger partial charge in [-0.2, -0.15) is 0 Å². The lowest BCUT2D eigenvalue weighted by Crippen LogP contribution is -2.20. The highest BCUT2D eigenvalue weighted by Crippen LogP contribution is 2.27. The molecule has 1 unspecified atom stereocenters. The number of ketones is 1. The van der Waals surface area contributed by atoms with Gasteiger partial charge in [-0.05, 0) is 26.0 Å². The van der Waals surface area contributed by atoms with Crippen molar-refractivity contribution in [3.05, 3.63) is 35.7 Å². The first-order chi connectivity index (χ1) is 9.54. The van der Waals surface area contributed by atoms with E-state index in [0.29, 0.717) is 11.4 Å². The van der Waals surface area contributed by atoms with Gasteiger partial charge in [-0.1, -0.05) is 12.1 Å². The van der Waals surface area contributed by atoms with Gasteiger partial charge in [-0.25, -0.2) is 4.79 Å². The third-order valence-electron chi connectivity index (χ3n) is 2.83. The number of nitrogens with one attached hydrogen (secondary N) is 1. The second-order valence-corrected chi connectivity index (χ2v) is 4.26. The molecule has 0 aromatic heterocycles. The van der Waals surface area contributed by atoms with Crippen molar-refractivity contribution >= 4 is 23.1 Å². The predicted octanol–water partition coefficient (Wildman–Crippen LogP) is 1.44. The Bertz CT molecular complexity index is 580. The molecule has 1 heterocycles. The molecule has 0 saturated heterocycles. The van der Waals surface area contributed by atoms with Gasteiger partial charge < -0.3 is 20.5 Å². The zero-order valence-electron chi connectivity index (χ0n) is 11.3. The van der Waals surface area contributed by atoms with Crippen LogP contribution in [0.2, 0.25) is 0 Å². The second kappa shape index (κ2) is 5.64. The molecule has 3 N–H and O–H groups in total. The Hall–Kier alpha value is -2.50. The van der Waals surface area contributed by atoms with Crippen molar-refractivity contribution in [3.63, 3.8) is 0 Å². The van der Waals surface area contributed by atoms with E-state index in [-0.39, 0.29) is 18.1 Å². The molecule has 0 spiro atoms. The summed E-state index contributed by atoms with van der Waals surface area (Å²) in [6, 6.07) is 6.99. The van der Waals surface area contributed by atoms with Gasteiger partial charge in [0.2, 0.25) is 11.7 Å². The first kappa shape index (κ1) is 13.9. The number of carbonyl (C=O) groups is 2. The van der Waals surface area contributed by atoms with E-state index in [9.17, 15) is 9.59 Å². The van der Waals surface area contributed by atoms with Crippen molar-refractivity contribution in [2.45, 2.75) is 20.0 Å². The van der Waals surface area contributed by atoms with Crippen molar-refractivity contribution in [1.29, 1.82) is 0 Å². The van der Waals surface area contributed by atoms with Crippen molar-refractivity contribution < 1.29 is 19.1 Å². The number of para-hydroxylation sites is 2. The monoisotopic (exact) mass is 276 g/mol. The van der Waals surface area contributed by atoms with Crippen LogP contribution in [0.15, 0.2) is 35.7 Å². The molecule has 1 aromatic carbocycles. The molecule has 0 saturated carbocycles. The smallest absolute Gasteiger partial charge is 0.347 e. The van der Waals surface area contributed by atoms with E-state index in [2.05, 4.69) is 5.32 Å². The third-order valence-corrected chi connectivity index (χ3v) is 2.83. The summed E-state index contributed by atoms with van der Waals surface area (Å²) >= 11 is 0. The van der Waals surface area contributed by atoms with Crippen molar-refractivity contribution in [1.82, 2.24) is 0 Å². The Morgan fingerprint density at radius 1 is 1.45 bits per heavy atom. The van der Waals surface area contributed by atoms with Gasteiger partial charge in [0.15, 0.2) is 11.7 Å². The van der Waals surface area contributed by atoms with Gasteiger partial charge in [0.25, 0.3) is 0 Å². The van der Waals surface area contributed by atoms with Crippen LogP contribution in [-0.2, 0) is 19.1 Å². The highest BCUT2D eigenvalue weighted by Gasteiger charge is 2.37. The predicted molar refractivity (Wildman–Crippen MR) is 73.7 cm³/mol. The fourth-order valence-corrected chi connectivity index (χ4v) is 1.83. The molecule has 1 aromatic rings. The van der Waals surface area contributed by atoms with E-state index >= 15 is 0 Å². The van der Waals surface area contributed by atoms with E-state index in [1.165, 1.54) is 0 Å². The molecule has 0 radical (unpaired) electrons. The molecular formula is C14H16N2O4. The number of nitrogens with two attached hydrogens (primary N) is 1. The van der Waals surface area contributed by atoms with E-state index in [1.54, 1.807) is 38.1 Å². The number of Topliss-reactive ketones (excluding diaryl/α,β-unsaturated/α-hetero) is 1. The van der Waals surface area contributed by atoms with E-state index in [1.807, 2.05) is 0 Å². The van der Waals surface area contributed by atoms with Crippen LogP contribution in [0.5, 0.6) is 0 Å². The van der Waals surface area contributed by atoms with Crippen LogP contribution >= 0.6 is 0 Å². The fourth-order valence-electron chi connectivity index (χ4n) is 1.83. The standard InChI is InChI=1S/C14H16N2O4/c1-3-19-14(18)11-12(17)8(2)20-13(11)16-10-7-5-4-6-9(10)15/h4-8,16H,3,15H2,1-2H3. The van der Waals surface area contributed by atoms with Gasteiger partial charge in [-0.15, -0.1) is 0 Å². The lowest BCUT2D eigenvalue weighted by Gasteiger charge is -2.11. The molecule has 106 valence electrons. The zero-order valence-corrected chi connectivity index (χ0v) is 11.3. The maximum Gasteiger partial charge on any atom is 0.347 e. The zero-order chi connectivity index (χ0) is 14.7. The molecule has 1 aliphatic rings. The summed E-state index contributed by atoms with van der Waals surface area (Å²) in [5, 5.41) is 2.87. The Kier molecular flexibility index (Phi) is 3.93. The van der Waals surface area contributed by atoms with E-state index in [4.69, 9.17) is 15.2 Å². The van der Waals surface area contributed by atoms with Gasteiger partial charge in [0, 0.05) is 0 Å². The average molecular weight is 276 g/mol. The summed E-state index contributed by atoms with van der Waals surface area (Å²) in [6.45, 7) is 3.43. The number of rotatable bonds is 4. The first-order valence-electron chi connectivity index (χ1n) is 6.28. The van der Waals surface area contributed by atoms with E-state index in [0.717, 1.165) is 0 Å². The minimum atomic E-state index is -0.721. The lowest BCUT2D eigenvalue weighted by atomic mass is 10.1. The quantitative estimate of drug-likeness (QED) is 0.491. The molecule has 0 fully saturated rings. The largest absolute Gasteiger partial charge is 0.467 e. The maximum absolute atomic E-state index is 12.0. The second-order valence-electron chi connectivity index (χ2n) is 4.26. The minimum Gasteiger partial charge on any atom is -0.467 e. The van der Waals surface area contributed by atoms with Gasteiger partial charge in [0.1, 0.15) is 0 Å². The molecule has 6 nitrogen and oxygen atoms in total. The fraction of sp³-hybridized carbons (Fsp3) is 0.286. The molecule has 2 rings (SSSR count). The van der Waals surface area contributed by atoms with Crippen LogP contribution < -0.4 is 11.1 Å². The summed E-state index contributed by atoms with van der Waals surface area (Å²) in [5.41, 5.74) is 6.74. The first-order valence-corrected chi connectivity index (χ1v) is 6.28. The van der Waals surface area contributed by atoms with Gasteiger partial charge in [0.05, 0.1) is 18.0 Å². The number of esters is 1. The van der Waals surface area contributed by atoms with Gasteiger partial charge >= 0.3 is 5.97 Å². The summed E-state index contributed by atoms with van der Waals surface area (Å²) in [5.74, 6) is -1.02. The Morgan fingerprint density at radius 3 is 2.80 bits per heavy atom. The molecule has 6 heteroatoms. The van der Waals surface area contributed by atoms with Crippen LogP contribution in [0.25, 0.3) is 0 Å². The molecule has 1 atom stereocenters. The Morgan fingerprint density at radius 2 is 2.15 bits per heavy atom. The summed E-state index contributed by atoms with van der Waals surface area (Å²) < 4.78 is 10.2. The number of nitrogen functional groups attached to an aromatic ring is 1. The van der Waals surface area contributed by atoms with E-state index < -0.39 is 17.9 Å². The minimum absolute atomic E-state index is 0.0823. The summed E-state index contributed by atoms with van der Waals surface area (Å²) in [7, 11) is 0. The highest BCUT2D eigenvalue weighted by atomic mass is 16.5. The topological polar surface area (TPSA) is 90.7 Å². The van der Waals surface area contributed by atoms with Crippen molar-refractivity contribution in [2.24, 2.45) is 0 Å². The Labute approximate surface area is 116 Å². The van der Waals surface area contributed by atoms with Crippen LogP contribution in [0.1, 0.15) is 13.8 Å². The molecule has 0 aliphatic carbocycles. The number of benzene rings is 1.